The Kier molecular flexibility index (Phi) is 6.21. The van der Waals surface area contributed by atoms with Gasteiger partial charge in [-0.1, -0.05) is 58.0 Å². The van der Waals surface area contributed by atoms with Crippen LogP contribution in [0.5, 0.6) is 0 Å². The maximum atomic E-state index is 5.00. The van der Waals surface area contributed by atoms with Gasteiger partial charge in [0, 0.05) is 37.4 Å². The Hall–Kier alpha value is -2.70. The summed E-state index contributed by atoms with van der Waals surface area (Å²) in [5, 5.41) is 1.10. The average molecular weight is 474 g/mol. The lowest BCUT2D eigenvalue weighted by molar-refractivity contribution is 0.177. The fourth-order valence-corrected chi connectivity index (χ4v) is 6.14. The Morgan fingerprint density at radius 2 is 1.76 bits per heavy atom. The number of benzene rings is 2. The van der Waals surface area contributed by atoms with E-state index in [0.717, 1.165) is 43.1 Å². The van der Waals surface area contributed by atoms with E-state index in [1.807, 2.05) is 17.7 Å². The second-order valence-corrected chi connectivity index (χ2v) is 11.3. The monoisotopic (exact) mass is 473 g/mol. The predicted octanol–water partition coefficient (Wildman–Crippen LogP) is 6.57. The lowest BCUT2D eigenvalue weighted by Crippen LogP contribution is -2.47. The Morgan fingerprint density at radius 1 is 1.03 bits per heavy atom. The number of aryl methyl sites for hydroxylation is 1. The third kappa shape index (κ3) is 4.37. The van der Waals surface area contributed by atoms with Crippen LogP contribution in [0.4, 0.5) is 5.69 Å². The standard InChI is InChI=1S/C28H35N5S/c1-6-23(25-19(2)29-18-30-25)32-14-16-33(17-15-32)24-9-7-8-22-26(24)34-27(31-22)20-10-12-21(13-11-20)28(3,4)5/h7-13,18,23H,6,14-17H2,1-5H3,(H,29,30). The number of thiazole rings is 1. The first-order valence-corrected chi connectivity index (χ1v) is 13.2. The van der Waals surface area contributed by atoms with Gasteiger partial charge in [-0.25, -0.2) is 9.97 Å². The summed E-state index contributed by atoms with van der Waals surface area (Å²) in [5.41, 5.74) is 7.51. The van der Waals surface area contributed by atoms with Crippen LogP contribution in [0.25, 0.3) is 20.8 Å². The van der Waals surface area contributed by atoms with Crippen molar-refractivity contribution in [1.29, 1.82) is 0 Å². The molecule has 1 atom stereocenters. The van der Waals surface area contributed by atoms with Gasteiger partial charge in [0.15, 0.2) is 0 Å². The summed E-state index contributed by atoms with van der Waals surface area (Å²) in [5.74, 6) is 0. The summed E-state index contributed by atoms with van der Waals surface area (Å²) in [6.45, 7) is 15.3. The van der Waals surface area contributed by atoms with Crippen LogP contribution in [0.3, 0.4) is 0 Å². The number of H-pyrrole nitrogens is 1. The van der Waals surface area contributed by atoms with Gasteiger partial charge in [0.1, 0.15) is 5.01 Å². The number of aromatic nitrogens is 3. The van der Waals surface area contributed by atoms with Gasteiger partial charge in [-0.05, 0) is 36.5 Å². The fraction of sp³-hybridized carbons (Fsp3) is 0.429. The van der Waals surface area contributed by atoms with Crippen LogP contribution in [0.2, 0.25) is 0 Å². The number of fused-ring (bicyclic) bond motifs is 1. The van der Waals surface area contributed by atoms with Crippen molar-refractivity contribution in [2.45, 2.75) is 52.5 Å². The molecule has 5 rings (SSSR count). The van der Waals surface area contributed by atoms with Crippen LogP contribution >= 0.6 is 11.3 Å². The first-order chi connectivity index (χ1) is 16.3. The molecule has 1 N–H and O–H groups in total. The van der Waals surface area contributed by atoms with E-state index in [-0.39, 0.29) is 5.41 Å². The van der Waals surface area contributed by atoms with E-state index in [2.05, 4.69) is 96.9 Å². The molecule has 34 heavy (non-hydrogen) atoms. The maximum Gasteiger partial charge on any atom is 0.124 e. The van der Waals surface area contributed by atoms with Gasteiger partial charge in [0.25, 0.3) is 0 Å². The molecule has 4 aromatic rings. The highest BCUT2D eigenvalue weighted by molar-refractivity contribution is 7.22. The van der Waals surface area contributed by atoms with Gasteiger partial charge in [-0.2, -0.15) is 0 Å². The number of anilines is 1. The predicted molar refractivity (Wildman–Crippen MR) is 144 cm³/mol. The quantitative estimate of drug-likeness (QED) is 0.356. The van der Waals surface area contributed by atoms with Crippen LogP contribution in [0, 0.1) is 6.92 Å². The van der Waals surface area contributed by atoms with Gasteiger partial charge < -0.3 is 9.88 Å². The zero-order chi connectivity index (χ0) is 23.9. The van der Waals surface area contributed by atoms with Crippen molar-refractivity contribution >= 4 is 27.2 Å². The maximum absolute atomic E-state index is 5.00. The van der Waals surface area contributed by atoms with E-state index in [0.29, 0.717) is 6.04 Å². The number of rotatable bonds is 5. The molecule has 1 aliphatic rings. The first kappa shape index (κ1) is 23.1. The highest BCUT2D eigenvalue weighted by atomic mass is 32.1. The van der Waals surface area contributed by atoms with E-state index in [1.165, 1.54) is 32.9 Å². The lowest BCUT2D eigenvalue weighted by Gasteiger charge is -2.39. The minimum atomic E-state index is 0.161. The molecule has 1 unspecified atom stereocenters. The van der Waals surface area contributed by atoms with Gasteiger partial charge in [0.2, 0.25) is 0 Å². The van der Waals surface area contributed by atoms with E-state index in [4.69, 9.17) is 4.98 Å². The second kappa shape index (κ2) is 9.16. The molecule has 6 heteroatoms. The largest absolute Gasteiger partial charge is 0.368 e. The van der Waals surface area contributed by atoms with E-state index in [1.54, 1.807) is 0 Å². The molecule has 0 saturated carbocycles. The normalized spacial score (nSPS) is 16.3. The van der Waals surface area contributed by atoms with Crippen LogP contribution in [-0.4, -0.2) is 46.0 Å². The third-order valence-corrected chi connectivity index (χ3v) is 8.20. The molecule has 2 aromatic heterocycles. The number of piperazine rings is 1. The molecule has 1 aliphatic heterocycles. The first-order valence-electron chi connectivity index (χ1n) is 12.3. The fourth-order valence-electron chi connectivity index (χ4n) is 5.02. The molecular weight excluding hydrogens is 438 g/mol. The number of imidazole rings is 1. The lowest BCUT2D eigenvalue weighted by atomic mass is 9.87. The van der Waals surface area contributed by atoms with Crippen molar-refractivity contribution in [3.63, 3.8) is 0 Å². The second-order valence-electron chi connectivity index (χ2n) is 10.3. The van der Waals surface area contributed by atoms with Crippen LogP contribution in [0.15, 0.2) is 48.8 Å². The Morgan fingerprint density at radius 3 is 2.38 bits per heavy atom. The zero-order valence-electron chi connectivity index (χ0n) is 20.9. The summed E-state index contributed by atoms with van der Waals surface area (Å²) in [4.78, 5) is 18.0. The van der Waals surface area contributed by atoms with Crippen LogP contribution < -0.4 is 4.90 Å². The number of hydrogen-bond acceptors (Lipinski definition) is 5. The molecule has 0 bridgehead atoms. The SMILES string of the molecule is CCC(c1nc[nH]c1C)N1CCN(c2cccc3nc(-c4ccc(C(C)(C)C)cc4)sc23)CC1. The van der Waals surface area contributed by atoms with Crippen molar-refractivity contribution in [2.24, 2.45) is 0 Å². The molecule has 0 amide bonds. The van der Waals surface area contributed by atoms with E-state index < -0.39 is 0 Å². The molecule has 0 aliphatic carbocycles. The van der Waals surface area contributed by atoms with Crippen LogP contribution in [-0.2, 0) is 5.41 Å². The number of nitrogens with zero attached hydrogens (tertiary/aromatic N) is 4. The average Bonchev–Trinajstić information content (AvgIpc) is 3.46. The highest BCUT2D eigenvalue weighted by Crippen LogP contribution is 2.38. The number of hydrogen-bond donors (Lipinski definition) is 1. The zero-order valence-corrected chi connectivity index (χ0v) is 21.7. The number of aromatic amines is 1. The molecule has 1 fully saturated rings. The Labute approximate surface area is 206 Å². The number of nitrogens with one attached hydrogen (secondary N) is 1. The van der Waals surface area contributed by atoms with Gasteiger partial charge in [0.05, 0.1) is 34.0 Å². The minimum Gasteiger partial charge on any atom is -0.368 e. The molecule has 2 aromatic carbocycles. The summed E-state index contributed by atoms with van der Waals surface area (Å²) in [7, 11) is 0. The highest BCUT2D eigenvalue weighted by Gasteiger charge is 2.27. The molecule has 0 spiro atoms. The van der Waals surface area contributed by atoms with Gasteiger partial charge in [-0.15, -0.1) is 11.3 Å². The smallest absolute Gasteiger partial charge is 0.124 e. The Bertz CT molecular complexity index is 1260. The van der Waals surface area contributed by atoms with Crippen molar-refractivity contribution in [3.8, 4) is 10.6 Å². The van der Waals surface area contributed by atoms with Gasteiger partial charge in [-0.3, -0.25) is 4.90 Å². The summed E-state index contributed by atoms with van der Waals surface area (Å²) >= 11 is 1.82. The van der Waals surface area contributed by atoms with Crippen molar-refractivity contribution in [3.05, 3.63) is 65.7 Å². The van der Waals surface area contributed by atoms with Crippen molar-refractivity contribution < 1.29 is 0 Å². The summed E-state index contributed by atoms with van der Waals surface area (Å²) < 4.78 is 1.29. The van der Waals surface area contributed by atoms with Crippen molar-refractivity contribution in [1.82, 2.24) is 19.9 Å². The van der Waals surface area contributed by atoms with E-state index >= 15 is 0 Å². The summed E-state index contributed by atoms with van der Waals surface area (Å²) in [6, 6.07) is 15.9. The molecule has 0 radical (unpaired) electrons. The van der Waals surface area contributed by atoms with Gasteiger partial charge >= 0.3 is 0 Å². The molecule has 1 saturated heterocycles. The molecule has 178 valence electrons. The molecular formula is C28H35N5S. The topological polar surface area (TPSA) is 48.1 Å². The summed E-state index contributed by atoms with van der Waals surface area (Å²) in [6.07, 6.45) is 2.90. The van der Waals surface area contributed by atoms with Crippen LogP contribution in [0.1, 0.15) is 57.1 Å². The molecule has 3 heterocycles. The third-order valence-electron chi connectivity index (χ3n) is 7.06. The molecule has 5 nitrogen and oxygen atoms in total. The Balaban J connectivity index is 1.36. The van der Waals surface area contributed by atoms with Crippen molar-refractivity contribution in [2.75, 3.05) is 31.1 Å². The minimum absolute atomic E-state index is 0.161. The van der Waals surface area contributed by atoms with E-state index in [9.17, 15) is 0 Å².